The van der Waals surface area contributed by atoms with Crippen molar-refractivity contribution in [3.63, 3.8) is 0 Å². The number of pyridine rings is 1. The van der Waals surface area contributed by atoms with Crippen molar-refractivity contribution < 1.29 is 9.53 Å². The Balaban J connectivity index is 1.97. The van der Waals surface area contributed by atoms with Gasteiger partial charge in [-0.25, -0.2) is 4.98 Å². The number of rotatable bonds is 2. The summed E-state index contributed by atoms with van der Waals surface area (Å²) in [4.78, 5) is 18.6. The van der Waals surface area contributed by atoms with Gasteiger partial charge in [-0.3, -0.25) is 4.79 Å². The number of primary amides is 1. The lowest BCUT2D eigenvalue weighted by atomic mass is 9.97. The summed E-state index contributed by atoms with van der Waals surface area (Å²) in [6.45, 7) is 1.61. The van der Waals surface area contributed by atoms with E-state index in [-0.39, 0.29) is 0 Å². The first-order valence-corrected chi connectivity index (χ1v) is 6.11. The van der Waals surface area contributed by atoms with Crippen LogP contribution in [0.25, 0.3) is 11.0 Å². The molecule has 1 amide bonds. The first-order valence-electron chi connectivity index (χ1n) is 6.11. The van der Waals surface area contributed by atoms with Crippen molar-refractivity contribution in [2.45, 2.75) is 18.8 Å². The van der Waals surface area contributed by atoms with Gasteiger partial charge in [-0.05, 0) is 31.0 Å². The van der Waals surface area contributed by atoms with Crippen LogP contribution < -0.4 is 5.73 Å². The normalized spacial score (nSPS) is 17.1. The molecular weight excluding hydrogens is 230 g/mol. The fraction of sp³-hybridized carbons (Fsp3) is 0.385. The van der Waals surface area contributed by atoms with Gasteiger partial charge in [-0.1, -0.05) is 0 Å². The number of nitrogens with one attached hydrogen (secondary N) is 1. The second-order valence-corrected chi connectivity index (χ2v) is 4.61. The van der Waals surface area contributed by atoms with E-state index < -0.39 is 5.91 Å². The maximum absolute atomic E-state index is 11.1. The van der Waals surface area contributed by atoms with Crippen LogP contribution in [-0.4, -0.2) is 29.1 Å². The van der Waals surface area contributed by atoms with Gasteiger partial charge in [0.05, 0.1) is 0 Å². The zero-order chi connectivity index (χ0) is 12.5. The molecular formula is C13H15N3O2. The lowest BCUT2D eigenvalue weighted by molar-refractivity contribution is 0.0846. The number of nitrogens with zero attached hydrogens (tertiary/aromatic N) is 1. The number of aromatic amines is 1. The Morgan fingerprint density at radius 1 is 1.39 bits per heavy atom. The van der Waals surface area contributed by atoms with Crippen LogP contribution in [0.4, 0.5) is 0 Å². The van der Waals surface area contributed by atoms with E-state index in [1.54, 1.807) is 6.07 Å². The molecule has 2 aromatic rings. The SMILES string of the molecule is NC(=O)c1ccc2cc(C3CCOCC3)[nH]c2n1. The van der Waals surface area contributed by atoms with E-state index in [0.717, 1.165) is 37.1 Å². The molecule has 5 heteroatoms. The molecule has 0 bridgehead atoms. The van der Waals surface area contributed by atoms with Crippen molar-refractivity contribution in [2.24, 2.45) is 5.73 Å². The summed E-state index contributed by atoms with van der Waals surface area (Å²) in [5.41, 5.74) is 7.42. The lowest BCUT2D eigenvalue weighted by Crippen LogP contribution is -2.14. The third kappa shape index (κ3) is 1.97. The zero-order valence-electron chi connectivity index (χ0n) is 9.98. The highest BCUT2D eigenvalue weighted by molar-refractivity contribution is 5.93. The molecule has 3 N–H and O–H groups in total. The Hall–Kier alpha value is -1.88. The van der Waals surface area contributed by atoms with E-state index >= 15 is 0 Å². The molecule has 2 aromatic heterocycles. The van der Waals surface area contributed by atoms with E-state index in [1.165, 1.54) is 5.69 Å². The predicted octanol–water partition coefficient (Wildman–Crippen LogP) is 1.56. The van der Waals surface area contributed by atoms with Gasteiger partial charge in [0.1, 0.15) is 11.3 Å². The van der Waals surface area contributed by atoms with Crippen molar-refractivity contribution in [3.8, 4) is 0 Å². The van der Waals surface area contributed by atoms with Crippen LogP contribution in [0.15, 0.2) is 18.2 Å². The number of carbonyl (C=O) groups is 1. The van der Waals surface area contributed by atoms with Crippen molar-refractivity contribution in [2.75, 3.05) is 13.2 Å². The van der Waals surface area contributed by atoms with Gasteiger partial charge in [0.15, 0.2) is 0 Å². The summed E-state index contributed by atoms with van der Waals surface area (Å²) in [5, 5.41) is 1.02. The molecule has 0 aromatic carbocycles. The molecule has 1 aliphatic heterocycles. The molecule has 1 fully saturated rings. The molecule has 5 nitrogen and oxygen atoms in total. The zero-order valence-corrected chi connectivity index (χ0v) is 9.98. The highest BCUT2D eigenvalue weighted by Crippen LogP contribution is 2.28. The first kappa shape index (κ1) is 11.2. The van der Waals surface area contributed by atoms with Crippen LogP contribution in [0, 0.1) is 0 Å². The van der Waals surface area contributed by atoms with E-state index in [2.05, 4.69) is 16.0 Å². The van der Waals surface area contributed by atoms with Gasteiger partial charge in [-0.2, -0.15) is 0 Å². The maximum atomic E-state index is 11.1. The molecule has 3 heterocycles. The highest BCUT2D eigenvalue weighted by Gasteiger charge is 2.18. The summed E-state index contributed by atoms with van der Waals surface area (Å²) in [6, 6.07) is 5.64. The molecule has 1 aliphatic rings. The lowest BCUT2D eigenvalue weighted by Gasteiger charge is -2.20. The average Bonchev–Trinajstić information content (AvgIpc) is 2.82. The molecule has 3 rings (SSSR count). The van der Waals surface area contributed by atoms with E-state index in [0.29, 0.717) is 11.6 Å². The third-order valence-electron chi connectivity index (χ3n) is 3.41. The molecule has 0 saturated carbocycles. The number of hydrogen-bond donors (Lipinski definition) is 2. The molecule has 18 heavy (non-hydrogen) atoms. The van der Waals surface area contributed by atoms with Crippen LogP contribution in [0.5, 0.6) is 0 Å². The van der Waals surface area contributed by atoms with Gasteiger partial charge < -0.3 is 15.5 Å². The molecule has 0 radical (unpaired) electrons. The van der Waals surface area contributed by atoms with Gasteiger partial charge in [0.25, 0.3) is 5.91 Å². The van der Waals surface area contributed by atoms with Gasteiger partial charge in [0, 0.05) is 30.2 Å². The van der Waals surface area contributed by atoms with Crippen LogP contribution >= 0.6 is 0 Å². The summed E-state index contributed by atoms with van der Waals surface area (Å²) in [7, 11) is 0. The van der Waals surface area contributed by atoms with Gasteiger partial charge in [-0.15, -0.1) is 0 Å². The van der Waals surface area contributed by atoms with E-state index in [4.69, 9.17) is 10.5 Å². The molecule has 1 saturated heterocycles. The molecule has 94 valence electrons. The summed E-state index contributed by atoms with van der Waals surface area (Å²) in [5.74, 6) is -0.0101. The number of H-pyrrole nitrogens is 1. The van der Waals surface area contributed by atoms with Crippen LogP contribution in [0.1, 0.15) is 34.9 Å². The van der Waals surface area contributed by atoms with Crippen LogP contribution in [0.2, 0.25) is 0 Å². The fourth-order valence-corrected chi connectivity index (χ4v) is 2.39. The minimum absolute atomic E-state index is 0.294. The number of aromatic nitrogens is 2. The van der Waals surface area contributed by atoms with Gasteiger partial charge in [0.2, 0.25) is 0 Å². The fourth-order valence-electron chi connectivity index (χ4n) is 2.39. The number of fused-ring (bicyclic) bond motifs is 1. The second-order valence-electron chi connectivity index (χ2n) is 4.61. The number of hydrogen-bond acceptors (Lipinski definition) is 3. The summed E-state index contributed by atoms with van der Waals surface area (Å²) >= 11 is 0. The molecule has 0 unspecified atom stereocenters. The molecule has 0 atom stereocenters. The van der Waals surface area contributed by atoms with Crippen molar-refractivity contribution in [1.82, 2.24) is 9.97 Å². The first-order chi connectivity index (χ1) is 8.74. The second kappa shape index (κ2) is 4.42. The smallest absolute Gasteiger partial charge is 0.267 e. The van der Waals surface area contributed by atoms with E-state index in [9.17, 15) is 4.79 Å². The third-order valence-corrected chi connectivity index (χ3v) is 3.41. The van der Waals surface area contributed by atoms with Crippen LogP contribution in [-0.2, 0) is 4.74 Å². The Kier molecular flexibility index (Phi) is 2.76. The quantitative estimate of drug-likeness (QED) is 0.842. The summed E-state index contributed by atoms with van der Waals surface area (Å²) < 4.78 is 5.36. The highest BCUT2D eigenvalue weighted by atomic mass is 16.5. The van der Waals surface area contributed by atoms with Crippen molar-refractivity contribution in [3.05, 3.63) is 29.6 Å². The Labute approximate surface area is 104 Å². The predicted molar refractivity (Wildman–Crippen MR) is 67.4 cm³/mol. The Bertz CT molecular complexity index is 585. The van der Waals surface area contributed by atoms with E-state index in [1.807, 2.05) is 6.07 Å². The monoisotopic (exact) mass is 245 g/mol. The minimum Gasteiger partial charge on any atom is -0.381 e. The molecule has 0 aliphatic carbocycles. The summed E-state index contributed by atoms with van der Waals surface area (Å²) in [6.07, 6.45) is 2.05. The van der Waals surface area contributed by atoms with Gasteiger partial charge >= 0.3 is 0 Å². The number of amides is 1. The van der Waals surface area contributed by atoms with Crippen LogP contribution in [0.3, 0.4) is 0 Å². The standard InChI is InChI=1S/C13H15N3O2/c14-12(17)10-2-1-9-7-11(16-13(9)15-10)8-3-5-18-6-4-8/h1-2,7-8H,3-6H2,(H2,14,17)(H,15,16). The number of nitrogens with two attached hydrogens (primary N) is 1. The number of carbonyl (C=O) groups excluding carboxylic acids is 1. The molecule has 0 spiro atoms. The largest absolute Gasteiger partial charge is 0.381 e. The van der Waals surface area contributed by atoms with Crippen molar-refractivity contribution in [1.29, 1.82) is 0 Å². The Morgan fingerprint density at radius 3 is 2.89 bits per heavy atom. The topological polar surface area (TPSA) is 81.0 Å². The number of ether oxygens (including phenoxy) is 1. The van der Waals surface area contributed by atoms with Crippen molar-refractivity contribution >= 4 is 16.9 Å². The Morgan fingerprint density at radius 2 is 2.17 bits per heavy atom. The maximum Gasteiger partial charge on any atom is 0.267 e. The average molecular weight is 245 g/mol. The minimum atomic E-state index is -0.501.